The number of rotatable bonds is 12. The molecule has 0 heterocycles. The molecule has 0 N–H and O–H groups in total. The Kier molecular flexibility index (Phi) is 10.4. The molecule has 12 heteroatoms. The summed E-state index contributed by atoms with van der Waals surface area (Å²) in [6.07, 6.45) is -12.1. The molecular weight excluding hydrogens is 570 g/mol. The van der Waals surface area contributed by atoms with Crippen molar-refractivity contribution in [1.29, 1.82) is 0 Å². The van der Waals surface area contributed by atoms with Crippen molar-refractivity contribution < 1.29 is 54.9 Å². The number of alkyl halides is 6. The van der Waals surface area contributed by atoms with E-state index in [-0.39, 0.29) is 12.8 Å². The van der Waals surface area contributed by atoms with E-state index in [0.29, 0.717) is 5.56 Å². The number of hydrogen-bond donors (Lipinski definition) is 0. The van der Waals surface area contributed by atoms with E-state index in [1.54, 1.807) is 18.2 Å². The molecule has 0 bridgehead atoms. The lowest BCUT2D eigenvalue weighted by Crippen LogP contribution is -2.52. The Balaban J connectivity index is 1.82. The van der Waals surface area contributed by atoms with Crippen LogP contribution in [0.3, 0.4) is 0 Å². The van der Waals surface area contributed by atoms with Crippen molar-refractivity contribution in [1.82, 2.24) is 0 Å². The zero-order valence-corrected chi connectivity index (χ0v) is 22.6. The number of ether oxygens (including phenoxy) is 4. The summed E-state index contributed by atoms with van der Waals surface area (Å²) < 4.78 is 105. The lowest BCUT2D eigenvalue weighted by Gasteiger charge is -2.34. The fourth-order valence-electron chi connectivity index (χ4n) is 4.48. The predicted molar refractivity (Wildman–Crippen MR) is 138 cm³/mol. The van der Waals surface area contributed by atoms with Gasteiger partial charge in [-0.3, -0.25) is 0 Å². The molecule has 0 spiro atoms. The highest BCUT2D eigenvalue weighted by Crippen LogP contribution is 2.45. The SMILES string of the molecule is COC(C(=O)OCCC[C@H](OC(=O)C(OC)(c1ccccc1)C(F)(F)F)c1ccccc1)(c1ccccc1)C(F)(F)F. The summed E-state index contributed by atoms with van der Waals surface area (Å²) in [4.78, 5) is 26.0. The smallest absolute Gasteiger partial charge is 0.432 e. The number of esters is 2. The molecule has 3 atom stereocenters. The Morgan fingerprint density at radius 3 is 1.45 bits per heavy atom. The maximum absolute atomic E-state index is 14.4. The first kappa shape index (κ1) is 32.6. The van der Waals surface area contributed by atoms with E-state index in [1.807, 2.05) is 0 Å². The average molecular weight is 599 g/mol. The number of methoxy groups -OCH3 is 2. The monoisotopic (exact) mass is 598 g/mol. The summed E-state index contributed by atoms with van der Waals surface area (Å²) in [5, 5.41) is 0. The summed E-state index contributed by atoms with van der Waals surface area (Å²) in [6, 6.07) is 20.2. The Hall–Kier alpha value is -3.90. The molecule has 2 unspecified atom stereocenters. The first-order valence-electron chi connectivity index (χ1n) is 12.6. The minimum Gasteiger partial charge on any atom is -0.463 e. The first-order valence-corrected chi connectivity index (χ1v) is 12.6. The van der Waals surface area contributed by atoms with Crippen LogP contribution in [0.5, 0.6) is 0 Å². The van der Waals surface area contributed by atoms with Crippen LogP contribution in [0.2, 0.25) is 0 Å². The van der Waals surface area contributed by atoms with E-state index in [9.17, 15) is 35.9 Å². The molecule has 0 fully saturated rings. The van der Waals surface area contributed by atoms with Gasteiger partial charge in [0.2, 0.25) is 0 Å². The quantitative estimate of drug-likeness (QED) is 0.130. The summed E-state index contributed by atoms with van der Waals surface area (Å²) in [6.45, 7) is -0.582. The molecule has 0 aliphatic carbocycles. The van der Waals surface area contributed by atoms with Crippen LogP contribution in [0.4, 0.5) is 26.3 Å². The molecule has 0 aliphatic rings. The fraction of sp³-hybridized carbons (Fsp3) is 0.333. The molecule has 6 nitrogen and oxygen atoms in total. The van der Waals surface area contributed by atoms with Crippen molar-refractivity contribution in [3.8, 4) is 0 Å². The van der Waals surface area contributed by atoms with Crippen LogP contribution in [-0.2, 0) is 39.7 Å². The van der Waals surface area contributed by atoms with Crippen LogP contribution in [0.25, 0.3) is 0 Å². The molecule has 0 saturated heterocycles. The van der Waals surface area contributed by atoms with Gasteiger partial charge in [0.1, 0.15) is 6.10 Å². The number of carbonyl (C=O) groups is 2. The second-order valence-corrected chi connectivity index (χ2v) is 9.08. The Labute approximate surface area is 238 Å². The van der Waals surface area contributed by atoms with Gasteiger partial charge in [0.25, 0.3) is 11.2 Å². The fourth-order valence-corrected chi connectivity index (χ4v) is 4.48. The lowest BCUT2D eigenvalue weighted by molar-refractivity contribution is -0.279. The highest BCUT2D eigenvalue weighted by Gasteiger charge is 2.65. The van der Waals surface area contributed by atoms with Crippen LogP contribution in [-0.4, -0.2) is 45.1 Å². The van der Waals surface area contributed by atoms with Gasteiger partial charge in [-0.15, -0.1) is 0 Å². The number of carbonyl (C=O) groups excluding carboxylic acids is 2. The topological polar surface area (TPSA) is 71.1 Å². The van der Waals surface area contributed by atoms with E-state index in [2.05, 4.69) is 4.74 Å². The van der Waals surface area contributed by atoms with Gasteiger partial charge in [0.15, 0.2) is 0 Å². The summed E-state index contributed by atoms with van der Waals surface area (Å²) >= 11 is 0. The zero-order chi connectivity index (χ0) is 31.0. The minimum absolute atomic E-state index is 0.178. The minimum atomic E-state index is -5.21. The van der Waals surface area contributed by atoms with Crippen LogP contribution >= 0.6 is 0 Å². The van der Waals surface area contributed by atoms with Gasteiger partial charge in [-0.25, -0.2) is 9.59 Å². The van der Waals surface area contributed by atoms with E-state index >= 15 is 0 Å². The Morgan fingerprint density at radius 1 is 0.643 bits per heavy atom. The van der Waals surface area contributed by atoms with Crippen molar-refractivity contribution in [2.45, 2.75) is 42.5 Å². The maximum Gasteiger partial charge on any atom is 0.432 e. The summed E-state index contributed by atoms with van der Waals surface area (Å²) in [5.41, 5.74) is -7.54. The Morgan fingerprint density at radius 2 is 1.05 bits per heavy atom. The third kappa shape index (κ3) is 6.44. The molecule has 0 aliphatic heterocycles. The van der Waals surface area contributed by atoms with Gasteiger partial charge in [-0.05, 0) is 18.4 Å². The molecule has 226 valence electrons. The summed E-state index contributed by atoms with van der Waals surface area (Å²) in [7, 11) is 1.45. The standard InChI is InChI=1S/C30H28F6O6/c1-39-27(29(31,32)33,22-15-8-4-9-16-22)25(37)41-20-12-19-24(21-13-6-3-7-14-21)42-26(38)28(40-2,30(34,35)36)23-17-10-5-11-18-23/h3-11,13-18,24H,12,19-20H2,1-2H3/t24-,27?,28?/m0/s1. The second kappa shape index (κ2) is 13.4. The highest BCUT2D eigenvalue weighted by atomic mass is 19.4. The first-order chi connectivity index (χ1) is 19.8. The number of halogens is 6. The number of hydrogen-bond acceptors (Lipinski definition) is 6. The van der Waals surface area contributed by atoms with E-state index in [1.165, 1.54) is 48.5 Å². The van der Waals surface area contributed by atoms with Crippen LogP contribution in [0.15, 0.2) is 91.0 Å². The van der Waals surface area contributed by atoms with Crippen molar-refractivity contribution in [2.24, 2.45) is 0 Å². The van der Waals surface area contributed by atoms with Gasteiger partial charge in [-0.2, -0.15) is 26.3 Å². The highest BCUT2D eigenvalue weighted by molar-refractivity contribution is 5.83. The molecule has 42 heavy (non-hydrogen) atoms. The predicted octanol–water partition coefficient (Wildman–Crippen LogP) is 6.80. The van der Waals surface area contributed by atoms with Gasteiger partial charge in [0, 0.05) is 25.3 Å². The molecule has 0 radical (unpaired) electrons. The molecular formula is C30H28F6O6. The molecule has 0 amide bonds. The normalized spacial score (nSPS) is 15.6. The molecule has 0 aromatic heterocycles. The van der Waals surface area contributed by atoms with E-state index in [4.69, 9.17) is 14.2 Å². The zero-order valence-electron chi connectivity index (χ0n) is 22.6. The third-order valence-corrected chi connectivity index (χ3v) is 6.61. The van der Waals surface area contributed by atoms with E-state index in [0.717, 1.165) is 38.5 Å². The lowest BCUT2D eigenvalue weighted by atomic mass is 9.92. The molecule has 3 aromatic rings. The van der Waals surface area contributed by atoms with Gasteiger partial charge < -0.3 is 18.9 Å². The van der Waals surface area contributed by atoms with Crippen molar-refractivity contribution in [3.05, 3.63) is 108 Å². The van der Waals surface area contributed by atoms with Crippen molar-refractivity contribution in [3.63, 3.8) is 0 Å². The van der Waals surface area contributed by atoms with Crippen molar-refractivity contribution in [2.75, 3.05) is 20.8 Å². The molecule has 3 rings (SSSR count). The Bertz CT molecular complexity index is 1300. The summed E-state index contributed by atoms with van der Waals surface area (Å²) in [5.74, 6) is -3.47. The largest absolute Gasteiger partial charge is 0.463 e. The van der Waals surface area contributed by atoms with Gasteiger partial charge in [-0.1, -0.05) is 91.0 Å². The van der Waals surface area contributed by atoms with Gasteiger partial charge >= 0.3 is 24.3 Å². The maximum atomic E-state index is 14.4. The molecule has 3 aromatic carbocycles. The van der Waals surface area contributed by atoms with Crippen LogP contribution in [0, 0.1) is 0 Å². The third-order valence-electron chi connectivity index (χ3n) is 6.61. The van der Waals surface area contributed by atoms with Gasteiger partial charge in [0.05, 0.1) is 6.61 Å². The van der Waals surface area contributed by atoms with Crippen LogP contribution < -0.4 is 0 Å². The van der Waals surface area contributed by atoms with Crippen molar-refractivity contribution >= 4 is 11.9 Å². The second-order valence-electron chi connectivity index (χ2n) is 9.08. The van der Waals surface area contributed by atoms with Crippen LogP contribution in [0.1, 0.15) is 35.6 Å². The molecule has 0 saturated carbocycles. The number of benzene rings is 3. The van der Waals surface area contributed by atoms with E-state index < -0.39 is 59.3 Å². The average Bonchev–Trinajstić information content (AvgIpc) is 2.96.